The second kappa shape index (κ2) is 12.9. The molecule has 0 bridgehead atoms. The highest BCUT2D eigenvalue weighted by Crippen LogP contribution is 2.20. The smallest absolute Gasteiger partial charge is 0.242 e. The highest BCUT2D eigenvalue weighted by Gasteiger charge is 2.27. The van der Waals surface area contributed by atoms with Gasteiger partial charge in [0, 0.05) is 37.6 Å². The number of nitrogens with one attached hydrogen (secondary N) is 1. The lowest BCUT2D eigenvalue weighted by Crippen LogP contribution is -2.49. The van der Waals surface area contributed by atoms with Crippen molar-refractivity contribution < 1.29 is 18.0 Å². The van der Waals surface area contributed by atoms with Crippen LogP contribution in [0.5, 0.6) is 0 Å². The van der Waals surface area contributed by atoms with Crippen LogP contribution in [-0.4, -0.2) is 55.1 Å². The first-order valence-corrected chi connectivity index (χ1v) is 13.2. The summed E-state index contributed by atoms with van der Waals surface area (Å²) in [6.07, 6.45) is 1.19. The summed E-state index contributed by atoms with van der Waals surface area (Å²) in [5.74, 6) is -0.476. The third-order valence-electron chi connectivity index (χ3n) is 5.78. The van der Waals surface area contributed by atoms with Crippen molar-refractivity contribution >= 4 is 33.4 Å². The molecule has 0 unspecified atom stereocenters. The second-order valence-electron chi connectivity index (χ2n) is 8.35. The van der Waals surface area contributed by atoms with E-state index in [0.717, 1.165) is 12.0 Å². The van der Waals surface area contributed by atoms with E-state index in [2.05, 4.69) is 5.32 Å². The fraction of sp³-hybridized carbons (Fsp3) is 0.440. The molecule has 0 saturated carbocycles. The van der Waals surface area contributed by atoms with Gasteiger partial charge in [-0.25, -0.2) is 12.7 Å². The average Bonchev–Trinajstić information content (AvgIpc) is 2.83. The van der Waals surface area contributed by atoms with Crippen LogP contribution in [-0.2, 0) is 26.2 Å². The molecule has 9 heteroatoms. The van der Waals surface area contributed by atoms with Gasteiger partial charge in [0.1, 0.15) is 6.04 Å². The number of hydrogen-bond donors (Lipinski definition) is 1. The zero-order valence-corrected chi connectivity index (χ0v) is 21.8. The standard InChI is InChI=1S/C25H34ClN3O4S/c1-5-19(2)27-25(31)20(3)29(18-21-12-9-10-15-23(21)26)24(30)16-11-17-28(4)34(32,33)22-13-7-6-8-14-22/h6-10,12-15,19-20H,5,11,16-18H2,1-4H3,(H,27,31)/t19-,20-/m0/s1. The number of nitrogens with zero attached hydrogens (tertiary/aromatic N) is 2. The van der Waals surface area contributed by atoms with Gasteiger partial charge in [-0.1, -0.05) is 54.9 Å². The Hall–Kier alpha value is -2.42. The van der Waals surface area contributed by atoms with Crippen LogP contribution < -0.4 is 5.32 Å². The lowest BCUT2D eigenvalue weighted by atomic mass is 10.1. The van der Waals surface area contributed by atoms with E-state index in [9.17, 15) is 18.0 Å². The van der Waals surface area contributed by atoms with Gasteiger partial charge in [0.05, 0.1) is 4.90 Å². The van der Waals surface area contributed by atoms with Gasteiger partial charge in [-0.05, 0) is 50.5 Å². The molecule has 2 aromatic rings. The summed E-state index contributed by atoms with van der Waals surface area (Å²) in [6, 6.07) is 14.7. The molecule has 2 rings (SSSR count). The Morgan fingerprint density at radius 2 is 1.65 bits per heavy atom. The number of rotatable bonds is 12. The molecule has 0 heterocycles. The molecule has 0 aromatic heterocycles. The highest BCUT2D eigenvalue weighted by atomic mass is 35.5. The van der Waals surface area contributed by atoms with Crippen molar-refractivity contribution in [2.75, 3.05) is 13.6 Å². The molecular formula is C25H34ClN3O4S. The fourth-order valence-electron chi connectivity index (χ4n) is 3.35. The largest absolute Gasteiger partial charge is 0.352 e. The summed E-state index contributed by atoms with van der Waals surface area (Å²) in [5, 5.41) is 3.44. The molecule has 0 fully saturated rings. The predicted octanol–water partition coefficient (Wildman–Crippen LogP) is 4.07. The van der Waals surface area contributed by atoms with Gasteiger partial charge < -0.3 is 10.2 Å². The highest BCUT2D eigenvalue weighted by molar-refractivity contribution is 7.89. The SMILES string of the molecule is CC[C@H](C)NC(=O)[C@H](C)N(Cc1ccccc1Cl)C(=O)CCCN(C)S(=O)(=O)c1ccccc1. The zero-order valence-electron chi connectivity index (χ0n) is 20.2. The summed E-state index contributed by atoms with van der Waals surface area (Å²) in [4.78, 5) is 27.7. The molecule has 0 radical (unpaired) electrons. The van der Waals surface area contributed by atoms with Crippen molar-refractivity contribution in [3.63, 3.8) is 0 Å². The first-order chi connectivity index (χ1) is 16.1. The minimum absolute atomic E-state index is 0.0101. The Morgan fingerprint density at radius 3 is 2.26 bits per heavy atom. The van der Waals surface area contributed by atoms with Gasteiger partial charge in [-0.3, -0.25) is 9.59 Å². The molecule has 2 amide bonds. The van der Waals surface area contributed by atoms with E-state index < -0.39 is 16.1 Å². The van der Waals surface area contributed by atoms with Crippen molar-refractivity contribution in [1.29, 1.82) is 0 Å². The van der Waals surface area contributed by atoms with Crippen LogP contribution in [0.25, 0.3) is 0 Å². The maximum absolute atomic E-state index is 13.2. The Kier molecular flexibility index (Phi) is 10.5. The predicted molar refractivity (Wildman–Crippen MR) is 135 cm³/mol. The Balaban J connectivity index is 2.10. The van der Waals surface area contributed by atoms with Crippen LogP contribution >= 0.6 is 11.6 Å². The van der Waals surface area contributed by atoms with Crippen LogP contribution in [0.2, 0.25) is 5.02 Å². The summed E-state index contributed by atoms with van der Waals surface area (Å²) in [5.41, 5.74) is 0.740. The second-order valence-corrected chi connectivity index (χ2v) is 10.8. The zero-order chi connectivity index (χ0) is 25.3. The Labute approximate surface area is 208 Å². The third kappa shape index (κ3) is 7.55. The van der Waals surface area contributed by atoms with Gasteiger partial charge in [0.25, 0.3) is 0 Å². The first-order valence-electron chi connectivity index (χ1n) is 11.4. The topological polar surface area (TPSA) is 86.8 Å². The minimum Gasteiger partial charge on any atom is -0.352 e. The number of hydrogen-bond acceptors (Lipinski definition) is 4. The van der Waals surface area contributed by atoms with Crippen molar-refractivity contribution in [2.24, 2.45) is 0 Å². The van der Waals surface area contributed by atoms with Crippen molar-refractivity contribution in [2.45, 2.75) is 63.6 Å². The Bertz CT molecular complexity index is 1060. The molecule has 0 saturated heterocycles. The van der Waals surface area contributed by atoms with Gasteiger partial charge >= 0.3 is 0 Å². The van der Waals surface area contributed by atoms with E-state index in [1.807, 2.05) is 26.0 Å². The Morgan fingerprint density at radius 1 is 1.03 bits per heavy atom. The molecule has 34 heavy (non-hydrogen) atoms. The first kappa shape index (κ1) is 27.8. The van der Waals surface area contributed by atoms with E-state index in [0.29, 0.717) is 11.4 Å². The summed E-state index contributed by atoms with van der Waals surface area (Å²) >= 11 is 6.31. The lowest BCUT2D eigenvalue weighted by molar-refractivity contribution is -0.141. The molecule has 0 spiro atoms. The molecule has 1 N–H and O–H groups in total. The summed E-state index contributed by atoms with van der Waals surface area (Å²) in [7, 11) is -2.13. The fourth-order valence-corrected chi connectivity index (χ4v) is 4.77. The summed E-state index contributed by atoms with van der Waals surface area (Å²) in [6.45, 7) is 5.94. The number of carbonyl (C=O) groups excluding carboxylic acids is 2. The van der Waals surface area contributed by atoms with Crippen LogP contribution in [0.15, 0.2) is 59.5 Å². The number of carbonyl (C=O) groups is 2. The van der Waals surface area contributed by atoms with Crippen LogP contribution in [0, 0.1) is 0 Å². The monoisotopic (exact) mass is 507 g/mol. The van der Waals surface area contributed by atoms with Gasteiger partial charge in [-0.15, -0.1) is 0 Å². The maximum Gasteiger partial charge on any atom is 0.242 e. The minimum atomic E-state index is -3.63. The molecule has 7 nitrogen and oxygen atoms in total. The van der Waals surface area contributed by atoms with Crippen molar-refractivity contribution in [3.8, 4) is 0 Å². The number of benzene rings is 2. The van der Waals surface area contributed by atoms with Crippen LogP contribution in [0.4, 0.5) is 0 Å². The average molecular weight is 508 g/mol. The summed E-state index contributed by atoms with van der Waals surface area (Å²) < 4.78 is 26.7. The molecule has 0 aliphatic rings. The van der Waals surface area contributed by atoms with E-state index in [1.54, 1.807) is 49.4 Å². The maximum atomic E-state index is 13.2. The van der Waals surface area contributed by atoms with Gasteiger partial charge in [0.2, 0.25) is 21.8 Å². The molecular weight excluding hydrogens is 474 g/mol. The van der Waals surface area contributed by atoms with E-state index in [4.69, 9.17) is 11.6 Å². The quantitative estimate of drug-likeness (QED) is 0.469. The molecule has 186 valence electrons. The molecule has 0 aliphatic heterocycles. The van der Waals surface area contributed by atoms with E-state index >= 15 is 0 Å². The van der Waals surface area contributed by atoms with Crippen molar-refractivity contribution in [1.82, 2.24) is 14.5 Å². The van der Waals surface area contributed by atoms with Crippen LogP contribution in [0.1, 0.15) is 45.6 Å². The number of halogens is 1. The molecule has 2 aromatic carbocycles. The molecule has 2 atom stereocenters. The number of sulfonamides is 1. The third-order valence-corrected chi connectivity index (χ3v) is 8.02. The van der Waals surface area contributed by atoms with Gasteiger partial charge in [-0.2, -0.15) is 0 Å². The number of amides is 2. The van der Waals surface area contributed by atoms with E-state index in [1.165, 1.54) is 16.3 Å². The van der Waals surface area contributed by atoms with E-state index in [-0.39, 0.29) is 42.3 Å². The normalized spacial score (nSPS) is 13.4. The lowest BCUT2D eigenvalue weighted by Gasteiger charge is -2.30. The van der Waals surface area contributed by atoms with Crippen molar-refractivity contribution in [3.05, 3.63) is 65.2 Å². The molecule has 0 aliphatic carbocycles. The van der Waals surface area contributed by atoms with Crippen LogP contribution in [0.3, 0.4) is 0 Å². The van der Waals surface area contributed by atoms with Gasteiger partial charge in [0.15, 0.2) is 0 Å².